The van der Waals surface area contributed by atoms with Crippen molar-refractivity contribution in [1.82, 2.24) is 0 Å². The van der Waals surface area contributed by atoms with Gasteiger partial charge in [-0.1, -0.05) is 197 Å². The van der Waals surface area contributed by atoms with Crippen LogP contribution in [0.2, 0.25) is 0 Å². The van der Waals surface area contributed by atoms with Crippen molar-refractivity contribution < 1.29 is 1.43 Å². The minimum atomic E-state index is -0.483. The predicted molar refractivity (Wildman–Crippen MR) is 255 cm³/mol. The highest BCUT2D eigenvalue weighted by Crippen LogP contribution is 2.64. The van der Waals surface area contributed by atoms with Gasteiger partial charge in [0, 0.05) is 23.9 Å². The molecule has 288 valence electrons. The Bertz CT molecular complexity index is 3080. The van der Waals surface area contributed by atoms with E-state index in [1.54, 1.807) is 0 Å². The van der Waals surface area contributed by atoms with Crippen LogP contribution in [0.5, 0.6) is 0 Å². The molecular weight excluding hydrogens is 723 g/mol. The van der Waals surface area contributed by atoms with Crippen LogP contribution in [0.15, 0.2) is 212 Å². The van der Waals surface area contributed by atoms with E-state index in [1.165, 1.54) is 89.0 Å². The van der Waals surface area contributed by atoms with Gasteiger partial charge in [0.05, 0.1) is 5.41 Å². The zero-order valence-corrected chi connectivity index (χ0v) is 33.2. The predicted octanol–water partition coefficient (Wildman–Crippen LogP) is 16.0. The van der Waals surface area contributed by atoms with Gasteiger partial charge in [-0.25, -0.2) is 0 Å². The summed E-state index contributed by atoms with van der Waals surface area (Å²) in [6.45, 7) is 4.74. The fraction of sp³-hybridized carbons (Fsp3) is 0.0847. The van der Waals surface area contributed by atoms with Crippen molar-refractivity contribution in [3.63, 3.8) is 0 Å². The van der Waals surface area contributed by atoms with Gasteiger partial charge >= 0.3 is 0 Å². The minimum Gasteiger partial charge on any atom is -0.310 e. The summed E-state index contributed by atoms with van der Waals surface area (Å²) in [5.74, 6) is 0. The van der Waals surface area contributed by atoms with Gasteiger partial charge in [-0.15, -0.1) is 0 Å². The Morgan fingerprint density at radius 1 is 0.317 bits per heavy atom. The Morgan fingerprint density at radius 3 is 1.38 bits per heavy atom. The van der Waals surface area contributed by atoms with Crippen LogP contribution in [0.25, 0.3) is 55.6 Å². The van der Waals surface area contributed by atoms with Crippen molar-refractivity contribution in [3.05, 3.63) is 246 Å². The summed E-state index contributed by atoms with van der Waals surface area (Å²) in [4.78, 5) is 2.48. The molecule has 0 heterocycles. The quantitative estimate of drug-likeness (QED) is 0.169. The maximum absolute atomic E-state index is 2.52. The summed E-state index contributed by atoms with van der Waals surface area (Å²) >= 11 is 0. The molecule has 0 saturated heterocycles. The normalized spacial score (nSPS) is 14.0. The first-order chi connectivity index (χ1) is 29.0. The molecule has 1 spiro atoms. The fourth-order valence-electron chi connectivity index (χ4n) is 10.9. The largest absolute Gasteiger partial charge is 0.310 e. The second-order valence-corrected chi connectivity index (χ2v) is 16.8. The second kappa shape index (κ2) is 13.4. The van der Waals surface area contributed by atoms with E-state index in [9.17, 15) is 0 Å². The molecule has 0 unspecified atom stereocenters. The van der Waals surface area contributed by atoms with E-state index >= 15 is 0 Å². The van der Waals surface area contributed by atoms with E-state index in [0.717, 1.165) is 17.1 Å². The molecule has 0 bridgehead atoms. The lowest BCUT2D eigenvalue weighted by Gasteiger charge is -2.32. The van der Waals surface area contributed by atoms with Gasteiger partial charge in [0.15, 0.2) is 0 Å². The van der Waals surface area contributed by atoms with Crippen LogP contribution >= 0.6 is 0 Å². The minimum absolute atomic E-state index is 0. The summed E-state index contributed by atoms with van der Waals surface area (Å²) in [6, 6.07) is 79.2. The summed E-state index contributed by atoms with van der Waals surface area (Å²) in [6.07, 6.45) is 0. The SMILES string of the molecule is C.CC1(C)c2ccccc2-c2ccc(N(c3ccc(-c4ccccc4)cc3)c3ccc4c(c3)C3(c5ccccc5-c5ccccc53)c3cccc(-c5ccccc5)c3-4)cc21.[HH]. The number of benzene rings is 9. The Labute approximate surface area is 355 Å². The average Bonchev–Trinajstić information content (AvgIpc) is 3.86. The van der Waals surface area contributed by atoms with E-state index in [1.807, 2.05) is 0 Å². The maximum Gasteiger partial charge on any atom is 0.0726 e. The zero-order valence-electron chi connectivity index (χ0n) is 33.2. The van der Waals surface area contributed by atoms with Crippen molar-refractivity contribution in [3.8, 4) is 55.6 Å². The molecule has 0 aromatic heterocycles. The molecule has 0 aliphatic heterocycles. The van der Waals surface area contributed by atoms with E-state index in [0.29, 0.717) is 0 Å². The van der Waals surface area contributed by atoms with E-state index in [4.69, 9.17) is 0 Å². The van der Waals surface area contributed by atoms with Crippen molar-refractivity contribution in [2.75, 3.05) is 4.90 Å². The van der Waals surface area contributed by atoms with Gasteiger partial charge in [-0.2, -0.15) is 0 Å². The first-order valence-electron chi connectivity index (χ1n) is 20.8. The molecule has 3 aliphatic rings. The first-order valence-corrected chi connectivity index (χ1v) is 20.8. The van der Waals surface area contributed by atoms with Crippen molar-refractivity contribution in [2.45, 2.75) is 32.1 Å². The van der Waals surface area contributed by atoms with Gasteiger partial charge in [0.1, 0.15) is 0 Å². The van der Waals surface area contributed by atoms with Crippen LogP contribution < -0.4 is 4.90 Å². The molecule has 0 saturated carbocycles. The number of nitrogens with zero attached hydrogens (tertiary/aromatic N) is 1. The highest BCUT2D eigenvalue weighted by molar-refractivity contribution is 6.01. The summed E-state index contributed by atoms with van der Waals surface area (Å²) in [7, 11) is 0. The third-order valence-electron chi connectivity index (χ3n) is 13.5. The maximum atomic E-state index is 2.52. The van der Waals surface area contributed by atoms with Crippen LogP contribution in [-0.4, -0.2) is 0 Å². The molecule has 0 amide bonds. The summed E-state index contributed by atoms with van der Waals surface area (Å²) in [5, 5.41) is 0. The molecule has 0 atom stereocenters. The zero-order chi connectivity index (χ0) is 39.3. The smallest absolute Gasteiger partial charge is 0.0726 e. The third kappa shape index (κ3) is 4.93. The Hall–Kier alpha value is -7.22. The van der Waals surface area contributed by atoms with Crippen molar-refractivity contribution in [1.29, 1.82) is 0 Å². The van der Waals surface area contributed by atoms with E-state index < -0.39 is 5.41 Å². The summed E-state index contributed by atoms with van der Waals surface area (Å²) in [5.41, 5.74) is 23.7. The number of anilines is 3. The molecule has 0 fully saturated rings. The number of rotatable bonds is 5. The number of hydrogen-bond donors (Lipinski definition) is 0. The van der Waals surface area contributed by atoms with Crippen LogP contribution in [0.3, 0.4) is 0 Å². The van der Waals surface area contributed by atoms with Crippen LogP contribution in [0, 0.1) is 0 Å². The molecule has 1 heteroatoms. The molecule has 9 aromatic carbocycles. The van der Waals surface area contributed by atoms with Crippen molar-refractivity contribution in [2.24, 2.45) is 0 Å². The van der Waals surface area contributed by atoms with Gasteiger partial charge in [-0.3, -0.25) is 0 Å². The molecule has 0 radical (unpaired) electrons. The second-order valence-electron chi connectivity index (χ2n) is 16.8. The Balaban J connectivity index is 0.00000223. The molecule has 3 aliphatic carbocycles. The fourth-order valence-corrected chi connectivity index (χ4v) is 10.9. The lowest BCUT2D eigenvalue weighted by molar-refractivity contribution is 0.660. The van der Waals surface area contributed by atoms with E-state index in [-0.39, 0.29) is 14.3 Å². The van der Waals surface area contributed by atoms with Gasteiger partial charge < -0.3 is 4.90 Å². The van der Waals surface area contributed by atoms with Crippen LogP contribution in [0.1, 0.15) is 56.1 Å². The highest BCUT2D eigenvalue weighted by Gasteiger charge is 2.52. The molecule has 60 heavy (non-hydrogen) atoms. The monoisotopic (exact) mass is 769 g/mol. The van der Waals surface area contributed by atoms with E-state index in [2.05, 4.69) is 231 Å². The van der Waals surface area contributed by atoms with Crippen molar-refractivity contribution >= 4 is 17.1 Å². The third-order valence-corrected chi connectivity index (χ3v) is 13.5. The summed E-state index contributed by atoms with van der Waals surface area (Å²) < 4.78 is 0. The van der Waals surface area contributed by atoms with Gasteiger partial charge in [0.25, 0.3) is 0 Å². The first kappa shape index (κ1) is 35.9. The average molecular weight is 770 g/mol. The highest BCUT2D eigenvalue weighted by atomic mass is 15.1. The molecule has 9 aromatic rings. The van der Waals surface area contributed by atoms with Crippen LogP contribution in [0.4, 0.5) is 17.1 Å². The standard InChI is InChI=1S/C58H41N.CH4.H2/c1-57(2)50-24-12-9-20-45(50)48-34-32-42(36-54(48)57)59(41-30-28-39(29-31-41)38-16-5-3-6-17-38)43-33-35-49-55(37-43)58(51-25-13-10-21-46(51)47-22-11-14-26-52(47)58)53-27-15-23-44(56(49)53)40-18-7-4-8-19-40;;/h3-37H,1-2H3;1H4;1H. The number of hydrogen-bond acceptors (Lipinski definition) is 1. The topological polar surface area (TPSA) is 3.24 Å². The lowest BCUT2D eigenvalue weighted by Crippen LogP contribution is -2.26. The number of fused-ring (bicyclic) bond motifs is 13. The Morgan fingerprint density at radius 2 is 0.750 bits per heavy atom. The molecule has 12 rings (SSSR count). The molecule has 0 N–H and O–H groups in total. The molecule has 1 nitrogen and oxygen atoms in total. The van der Waals surface area contributed by atoms with Gasteiger partial charge in [0.2, 0.25) is 0 Å². The lowest BCUT2D eigenvalue weighted by atomic mass is 9.70. The van der Waals surface area contributed by atoms with Gasteiger partial charge in [-0.05, 0) is 125 Å². The molecular formula is C59H47N. The van der Waals surface area contributed by atoms with Crippen LogP contribution in [-0.2, 0) is 10.8 Å². The Kier molecular flexibility index (Phi) is 8.03.